The van der Waals surface area contributed by atoms with Crippen LogP contribution >= 0.6 is 0 Å². The molecular weight excluding hydrogens is 627 g/mol. The number of hydrogen-bond donors (Lipinski definition) is 3. The molecule has 0 radical (unpaired) electrons. The van der Waals surface area contributed by atoms with Crippen LogP contribution in [-0.4, -0.2) is 83.1 Å². The zero-order valence-corrected chi connectivity index (χ0v) is 27.9. The average molecular weight is 671 g/mol. The van der Waals surface area contributed by atoms with Gasteiger partial charge in [0.2, 0.25) is 27.7 Å². The van der Waals surface area contributed by atoms with Crippen LogP contribution in [0.5, 0.6) is 5.88 Å². The van der Waals surface area contributed by atoms with Crippen LogP contribution in [0.2, 0.25) is 0 Å². The summed E-state index contributed by atoms with van der Waals surface area (Å²) in [4.78, 5) is 52.4. The van der Waals surface area contributed by atoms with E-state index in [2.05, 4.69) is 25.3 Å². The fourth-order valence-corrected chi connectivity index (χ4v) is 7.92. The van der Waals surface area contributed by atoms with Crippen LogP contribution in [-0.2, 0) is 30.8 Å². The third kappa shape index (κ3) is 6.58. The fourth-order valence-electron chi connectivity index (χ4n) is 6.61. The number of carbonyl (C=O) groups is 3. The molecule has 14 heteroatoms. The second kappa shape index (κ2) is 12.8. The summed E-state index contributed by atoms with van der Waals surface area (Å²) in [6, 6.07) is 2.62. The Morgan fingerprint density at radius 3 is 2.68 bits per heavy atom. The first-order chi connectivity index (χ1) is 22.4. The number of fused-ring (bicyclic) bond motifs is 3. The van der Waals surface area contributed by atoms with Crippen molar-refractivity contribution in [2.75, 3.05) is 13.6 Å². The van der Waals surface area contributed by atoms with E-state index in [4.69, 9.17) is 4.74 Å². The lowest BCUT2D eigenvalue weighted by Gasteiger charge is -2.29. The van der Waals surface area contributed by atoms with Crippen molar-refractivity contribution in [1.29, 1.82) is 0 Å². The van der Waals surface area contributed by atoms with Gasteiger partial charge in [0.15, 0.2) is 0 Å². The molecule has 2 aromatic rings. The lowest BCUT2D eigenvalue weighted by molar-refractivity contribution is -0.141. The summed E-state index contributed by atoms with van der Waals surface area (Å²) in [6.07, 6.45) is 8.95. The number of ether oxygens (including phenoxy) is 1. The molecule has 3 fully saturated rings. The third-order valence-electron chi connectivity index (χ3n) is 10.1. The summed E-state index contributed by atoms with van der Waals surface area (Å²) >= 11 is 0. The largest absolute Gasteiger partial charge is 0.471 e. The Morgan fingerprint density at radius 2 is 1.96 bits per heavy atom. The normalized spacial score (nSPS) is 29.9. The molecule has 0 unspecified atom stereocenters. The number of nitrogens with zero attached hydrogens (tertiary/aromatic N) is 3. The number of hydrogen-bond acceptors (Lipinski definition) is 9. The quantitative estimate of drug-likeness (QED) is 0.377. The van der Waals surface area contributed by atoms with Gasteiger partial charge in [-0.05, 0) is 71.0 Å². The number of amides is 3. The van der Waals surface area contributed by atoms with Gasteiger partial charge in [0.1, 0.15) is 29.2 Å². The Balaban J connectivity index is 1.29. The Morgan fingerprint density at radius 1 is 1.17 bits per heavy atom. The highest BCUT2D eigenvalue weighted by Gasteiger charge is 2.63. The number of allylic oxidation sites excluding steroid dienone is 1. The number of sulfonamides is 1. The van der Waals surface area contributed by atoms with E-state index in [-0.39, 0.29) is 37.1 Å². The van der Waals surface area contributed by atoms with Gasteiger partial charge in [0, 0.05) is 18.4 Å². The molecule has 5 atom stereocenters. The van der Waals surface area contributed by atoms with Crippen molar-refractivity contribution in [3.8, 4) is 5.88 Å². The van der Waals surface area contributed by atoms with Crippen LogP contribution in [0.4, 0.5) is 4.39 Å². The Kier molecular flexibility index (Phi) is 9.02. The van der Waals surface area contributed by atoms with Gasteiger partial charge in [0.05, 0.1) is 28.4 Å². The van der Waals surface area contributed by atoms with Crippen LogP contribution in [0.1, 0.15) is 77.3 Å². The highest BCUT2D eigenvalue weighted by Crippen LogP contribution is 2.47. The molecule has 1 aromatic heterocycles. The molecule has 47 heavy (non-hydrogen) atoms. The first-order valence-corrected chi connectivity index (χ1v) is 18.0. The highest BCUT2D eigenvalue weighted by molar-refractivity contribution is 7.91. The van der Waals surface area contributed by atoms with E-state index in [1.54, 1.807) is 20.0 Å². The van der Waals surface area contributed by atoms with Gasteiger partial charge >= 0.3 is 0 Å². The monoisotopic (exact) mass is 670 g/mol. The fraction of sp³-hybridized carbons (Fsp3) is 0.606. The molecule has 2 aliphatic heterocycles. The summed E-state index contributed by atoms with van der Waals surface area (Å²) in [7, 11) is -2.23. The molecule has 3 N–H and O–H groups in total. The predicted molar refractivity (Wildman–Crippen MR) is 172 cm³/mol. The van der Waals surface area contributed by atoms with Crippen molar-refractivity contribution in [3.05, 3.63) is 41.9 Å². The van der Waals surface area contributed by atoms with Crippen LogP contribution in [0.25, 0.3) is 11.0 Å². The van der Waals surface area contributed by atoms with E-state index < -0.39 is 56.1 Å². The molecule has 0 spiro atoms. The number of aryl methyl sites for hydroxylation is 1. The first-order valence-electron chi connectivity index (χ1n) is 16.6. The summed E-state index contributed by atoms with van der Waals surface area (Å²) < 4.78 is 47.6. The number of benzene rings is 1. The summed E-state index contributed by atoms with van der Waals surface area (Å²) in [6.45, 7) is 3.57. The number of rotatable bonds is 7. The first kappa shape index (κ1) is 33.3. The maximum absolute atomic E-state index is 14.1. The van der Waals surface area contributed by atoms with E-state index >= 15 is 0 Å². The van der Waals surface area contributed by atoms with Crippen LogP contribution < -0.4 is 20.1 Å². The van der Waals surface area contributed by atoms with Crippen molar-refractivity contribution < 1.29 is 31.9 Å². The molecule has 6 rings (SSSR count). The van der Waals surface area contributed by atoms with E-state index in [0.717, 1.165) is 25.7 Å². The Hall–Kier alpha value is -3.65. The van der Waals surface area contributed by atoms with Gasteiger partial charge in [-0.25, -0.2) is 22.8 Å². The topological polar surface area (TPSA) is 160 Å². The maximum atomic E-state index is 14.1. The zero-order chi connectivity index (χ0) is 33.6. The maximum Gasteiger partial charge on any atom is 0.259 e. The molecule has 3 heterocycles. The van der Waals surface area contributed by atoms with Gasteiger partial charge in [-0.3, -0.25) is 19.1 Å². The van der Waals surface area contributed by atoms with Gasteiger partial charge < -0.3 is 20.3 Å². The van der Waals surface area contributed by atoms with Crippen LogP contribution in [0.15, 0.2) is 30.4 Å². The van der Waals surface area contributed by atoms with E-state index in [9.17, 15) is 27.2 Å². The molecular formula is C33H43FN6O6S. The van der Waals surface area contributed by atoms with Crippen LogP contribution in [0.3, 0.4) is 0 Å². The molecule has 3 amide bonds. The van der Waals surface area contributed by atoms with Crippen molar-refractivity contribution >= 4 is 38.8 Å². The summed E-state index contributed by atoms with van der Waals surface area (Å²) in [5.74, 6) is -2.22. The lowest BCUT2D eigenvalue weighted by atomic mass is 10.1. The van der Waals surface area contributed by atoms with E-state index in [1.165, 1.54) is 17.0 Å². The number of aromatic nitrogens is 2. The van der Waals surface area contributed by atoms with Crippen molar-refractivity contribution in [2.24, 2.45) is 5.92 Å². The lowest BCUT2D eigenvalue weighted by Crippen LogP contribution is -2.58. The molecule has 4 aliphatic rings. The molecule has 2 saturated carbocycles. The predicted octanol–water partition coefficient (Wildman–Crippen LogP) is 2.66. The SMILES string of the molecule is CCc1nc2ccc(F)cc2nc1O[C@@H]1C[C@H]2C(=O)N[C@]3(C(=O)NS(=O)(=O)C4(C)CC4)C[C@H]3/C=C\CCCCC[C@H](NC)C(=O)N2C1. The zero-order valence-electron chi connectivity index (χ0n) is 27.1. The smallest absolute Gasteiger partial charge is 0.259 e. The third-order valence-corrected chi connectivity index (χ3v) is 12.3. The van der Waals surface area contributed by atoms with Gasteiger partial charge in [-0.2, -0.15) is 0 Å². The second-order valence-corrected chi connectivity index (χ2v) is 15.7. The standard InChI is InChI=1S/C33H43FN6O6S/c1-4-23-29(37-26-16-21(34)12-13-24(26)36-23)46-22-17-27-28(41)38-33(31(43)39-47(44,45)32(2)14-15-32)18-20(33)10-8-6-5-7-9-11-25(35-3)30(42)40(27)19-22/h8,10,12-13,16,20,22,25,27,35H,4-7,9,11,14-15,17-19H2,1-3H3,(H,38,41)(H,39,43)/b10-8-/t20-,22-,25+,27+,33-/m1/s1. The van der Waals surface area contributed by atoms with Gasteiger partial charge in [-0.15, -0.1) is 0 Å². The van der Waals surface area contributed by atoms with E-state index in [1.807, 2.05) is 19.1 Å². The summed E-state index contributed by atoms with van der Waals surface area (Å²) in [5, 5.41) is 5.99. The average Bonchev–Trinajstić information content (AvgIpc) is 3.91. The molecule has 2 aliphatic carbocycles. The minimum atomic E-state index is -3.94. The van der Waals surface area contributed by atoms with E-state index in [0.29, 0.717) is 42.4 Å². The molecule has 254 valence electrons. The van der Waals surface area contributed by atoms with Crippen molar-refractivity contribution in [2.45, 2.75) is 107 Å². The number of halogens is 1. The van der Waals surface area contributed by atoms with Gasteiger partial charge in [-0.1, -0.05) is 31.9 Å². The highest BCUT2D eigenvalue weighted by atomic mass is 32.2. The van der Waals surface area contributed by atoms with Gasteiger partial charge in [0.25, 0.3) is 5.91 Å². The van der Waals surface area contributed by atoms with Crippen molar-refractivity contribution in [3.63, 3.8) is 0 Å². The van der Waals surface area contributed by atoms with Crippen molar-refractivity contribution in [1.82, 2.24) is 30.2 Å². The number of nitrogens with one attached hydrogen (secondary N) is 3. The minimum absolute atomic E-state index is 0.0797. The second-order valence-electron chi connectivity index (χ2n) is 13.5. The van der Waals surface area contributed by atoms with Crippen LogP contribution in [0, 0.1) is 11.7 Å². The Bertz CT molecular complexity index is 1710. The number of carbonyl (C=O) groups excluding carboxylic acids is 3. The number of likely N-dealkylation sites (N-methyl/N-ethyl adjacent to an activating group) is 1. The minimum Gasteiger partial charge on any atom is -0.471 e. The Labute approximate surface area is 274 Å². The molecule has 1 saturated heterocycles. The molecule has 0 bridgehead atoms. The summed E-state index contributed by atoms with van der Waals surface area (Å²) in [5.41, 5.74) is -0.0441. The molecule has 1 aromatic carbocycles. The molecule has 12 nitrogen and oxygen atoms in total.